The topological polar surface area (TPSA) is 66.5 Å². The van der Waals surface area contributed by atoms with Crippen molar-refractivity contribution in [2.45, 2.75) is 37.0 Å². The molecule has 0 unspecified atom stereocenters. The van der Waals surface area contributed by atoms with Gasteiger partial charge in [0.1, 0.15) is 5.82 Å². The molecular formula is C20H23FN2O3S. The van der Waals surface area contributed by atoms with E-state index in [0.717, 1.165) is 19.3 Å². The maximum atomic E-state index is 13.6. The average Bonchev–Trinajstić information content (AvgIpc) is 2.68. The van der Waals surface area contributed by atoms with E-state index < -0.39 is 10.0 Å². The zero-order valence-corrected chi connectivity index (χ0v) is 15.8. The number of anilines is 1. The molecule has 0 atom stereocenters. The number of benzene rings is 2. The van der Waals surface area contributed by atoms with Gasteiger partial charge >= 0.3 is 0 Å². The summed E-state index contributed by atoms with van der Waals surface area (Å²) in [4.78, 5) is 12.3. The monoisotopic (exact) mass is 390 g/mol. The molecule has 1 saturated heterocycles. The Balaban J connectivity index is 1.65. The molecule has 0 spiro atoms. The first-order valence-electron chi connectivity index (χ1n) is 9.10. The van der Waals surface area contributed by atoms with Gasteiger partial charge in [-0.3, -0.25) is 4.79 Å². The van der Waals surface area contributed by atoms with Gasteiger partial charge in [-0.2, -0.15) is 4.31 Å². The van der Waals surface area contributed by atoms with Crippen LogP contribution >= 0.6 is 0 Å². The number of carbonyl (C=O) groups excluding carboxylic acids is 1. The second-order valence-corrected chi connectivity index (χ2v) is 8.57. The number of rotatable bonds is 6. The molecule has 1 N–H and O–H groups in total. The molecule has 0 bridgehead atoms. The lowest BCUT2D eigenvalue weighted by Crippen LogP contribution is -2.35. The molecule has 0 saturated carbocycles. The van der Waals surface area contributed by atoms with E-state index in [9.17, 15) is 17.6 Å². The van der Waals surface area contributed by atoms with Crippen molar-refractivity contribution in [3.63, 3.8) is 0 Å². The van der Waals surface area contributed by atoms with Gasteiger partial charge in [0.25, 0.3) is 0 Å². The minimum Gasteiger partial charge on any atom is -0.326 e. The highest BCUT2D eigenvalue weighted by Gasteiger charge is 2.26. The Morgan fingerprint density at radius 1 is 1.04 bits per heavy atom. The third kappa shape index (κ3) is 4.93. The first kappa shape index (κ1) is 19.5. The first-order valence-corrected chi connectivity index (χ1v) is 10.5. The van der Waals surface area contributed by atoms with Crippen molar-refractivity contribution in [3.05, 3.63) is 59.9 Å². The number of nitrogens with zero attached hydrogens (tertiary/aromatic N) is 1. The van der Waals surface area contributed by atoms with E-state index >= 15 is 0 Å². The van der Waals surface area contributed by atoms with Crippen molar-refractivity contribution in [2.75, 3.05) is 18.4 Å². The van der Waals surface area contributed by atoms with Crippen LogP contribution in [0.1, 0.15) is 31.2 Å². The molecule has 1 aliphatic rings. The van der Waals surface area contributed by atoms with E-state index in [-0.39, 0.29) is 29.5 Å². The summed E-state index contributed by atoms with van der Waals surface area (Å²) in [5, 5.41) is 2.70. The van der Waals surface area contributed by atoms with Crippen molar-refractivity contribution >= 4 is 21.6 Å². The summed E-state index contributed by atoms with van der Waals surface area (Å²) in [6, 6.07) is 12.6. The lowest BCUT2D eigenvalue weighted by atomic mass is 10.1. The Labute approximate surface area is 159 Å². The van der Waals surface area contributed by atoms with Crippen LogP contribution in [0.5, 0.6) is 0 Å². The minimum atomic E-state index is -3.55. The van der Waals surface area contributed by atoms with Crippen molar-refractivity contribution in [3.8, 4) is 0 Å². The molecule has 2 aromatic carbocycles. The third-order valence-electron chi connectivity index (χ3n) is 4.65. The minimum absolute atomic E-state index is 0.115. The standard InChI is InChI=1S/C20H23FN2O3S/c21-19-10-3-2-7-16(19)11-12-20(24)22-17-8-6-9-18(15-17)27(25,26)23-13-4-1-5-14-23/h2-3,6-10,15H,1,4-5,11-14H2,(H,22,24). The van der Waals surface area contributed by atoms with Crippen LogP contribution in [0.25, 0.3) is 0 Å². The molecule has 0 radical (unpaired) electrons. The molecule has 27 heavy (non-hydrogen) atoms. The van der Waals surface area contributed by atoms with Gasteiger partial charge in [0.2, 0.25) is 15.9 Å². The van der Waals surface area contributed by atoms with E-state index in [0.29, 0.717) is 24.3 Å². The van der Waals surface area contributed by atoms with E-state index in [1.807, 2.05) is 0 Å². The number of carbonyl (C=O) groups is 1. The maximum absolute atomic E-state index is 13.6. The lowest BCUT2D eigenvalue weighted by molar-refractivity contribution is -0.116. The number of sulfonamides is 1. The molecule has 7 heteroatoms. The van der Waals surface area contributed by atoms with Gasteiger partial charge in [-0.25, -0.2) is 12.8 Å². The van der Waals surface area contributed by atoms with Crippen LogP contribution in [0.4, 0.5) is 10.1 Å². The Hall–Kier alpha value is -2.25. The smallest absolute Gasteiger partial charge is 0.243 e. The van der Waals surface area contributed by atoms with Crippen LogP contribution in [0.15, 0.2) is 53.4 Å². The summed E-state index contributed by atoms with van der Waals surface area (Å²) in [6.45, 7) is 1.06. The van der Waals surface area contributed by atoms with E-state index in [4.69, 9.17) is 0 Å². The summed E-state index contributed by atoms with van der Waals surface area (Å²) in [5.41, 5.74) is 0.903. The number of amides is 1. The number of halogens is 1. The third-order valence-corrected chi connectivity index (χ3v) is 6.54. The molecule has 1 aliphatic heterocycles. The zero-order chi connectivity index (χ0) is 19.3. The van der Waals surface area contributed by atoms with Gasteiger partial charge in [-0.05, 0) is 49.1 Å². The molecule has 0 aliphatic carbocycles. The highest BCUT2D eigenvalue weighted by atomic mass is 32.2. The van der Waals surface area contributed by atoms with E-state index in [2.05, 4.69) is 5.32 Å². The Morgan fingerprint density at radius 2 is 1.78 bits per heavy atom. The molecule has 1 amide bonds. The molecular weight excluding hydrogens is 367 g/mol. The SMILES string of the molecule is O=C(CCc1ccccc1F)Nc1cccc(S(=O)(=O)N2CCCCC2)c1. The number of aryl methyl sites for hydroxylation is 1. The molecule has 2 aromatic rings. The second kappa shape index (κ2) is 8.63. The number of nitrogens with one attached hydrogen (secondary N) is 1. The van der Waals surface area contributed by atoms with E-state index in [1.165, 1.54) is 16.4 Å². The predicted octanol–water partition coefficient (Wildman–Crippen LogP) is 3.57. The van der Waals surface area contributed by atoms with Crippen molar-refractivity contribution in [1.29, 1.82) is 0 Å². The fourth-order valence-electron chi connectivity index (χ4n) is 3.16. The van der Waals surface area contributed by atoms with Gasteiger partial charge in [0.05, 0.1) is 4.90 Å². The van der Waals surface area contributed by atoms with Crippen LogP contribution in [-0.4, -0.2) is 31.7 Å². The highest BCUT2D eigenvalue weighted by Crippen LogP contribution is 2.23. The molecule has 1 heterocycles. The van der Waals surface area contributed by atoms with Gasteiger partial charge < -0.3 is 5.32 Å². The fourth-order valence-corrected chi connectivity index (χ4v) is 4.72. The van der Waals surface area contributed by atoms with Crippen LogP contribution in [0.2, 0.25) is 0 Å². The molecule has 144 valence electrons. The van der Waals surface area contributed by atoms with Crippen LogP contribution in [0, 0.1) is 5.82 Å². The van der Waals surface area contributed by atoms with Crippen LogP contribution in [0.3, 0.4) is 0 Å². The van der Waals surface area contributed by atoms with Crippen LogP contribution < -0.4 is 5.32 Å². The summed E-state index contributed by atoms with van der Waals surface area (Å²) in [5.74, 6) is -0.620. The Kier molecular flexibility index (Phi) is 6.23. The largest absolute Gasteiger partial charge is 0.326 e. The van der Waals surface area contributed by atoms with Gasteiger partial charge in [-0.15, -0.1) is 0 Å². The number of piperidine rings is 1. The fraction of sp³-hybridized carbons (Fsp3) is 0.350. The summed E-state index contributed by atoms with van der Waals surface area (Å²) >= 11 is 0. The highest BCUT2D eigenvalue weighted by molar-refractivity contribution is 7.89. The van der Waals surface area contributed by atoms with E-state index in [1.54, 1.807) is 36.4 Å². The van der Waals surface area contributed by atoms with Crippen molar-refractivity contribution < 1.29 is 17.6 Å². The summed E-state index contributed by atoms with van der Waals surface area (Å²) in [7, 11) is -3.55. The number of hydrogen-bond donors (Lipinski definition) is 1. The zero-order valence-electron chi connectivity index (χ0n) is 15.0. The van der Waals surface area contributed by atoms with Gasteiger partial charge in [-0.1, -0.05) is 30.7 Å². The maximum Gasteiger partial charge on any atom is 0.243 e. The molecule has 5 nitrogen and oxygen atoms in total. The summed E-state index contributed by atoms with van der Waals surface area (Å²) < 4.78 is 40.6. The van der Waals surface area contributed by atoms with Crippen LogP contribution in [-0.2, 0) is 21.2 Å². The lowest BCUT2D eigenvalue weighted by Gasteiger charge is -2.26. The quantitative estimate of drug-likeness (QED) is 0.820. The van der Waals surface area contributed by atoms with Gasteiger partial charge in [0.15, 0.2) is 0 Å². The Bertz CT molecular complexity index is 909. The van der Waals surface area contributed by atoms with Gasteiger partial charge in [0, 0.05) is 25.2 Å². The number of hydrogen-bond acceptors (Lipinski definition) is 3. The molecule has 1 fully saturated rings. The molecule has 0 aromatic heterocycles. The van der Waals surface area contributed by atoms with Crippen molar-refractivity contribution in [2.24, 2.45) is 0 Å². The first-order chi connectivity index (χ1) is 13.0. The average molecular weight is 390 g/mol. The summed E-state index contributed by atoms with van der Waals surface area (Å²) in [6.07, 6.45) is 3.18. The Morgan fingerprint density at radius 3 is 2.52 bits per heavy atom. The normalized spacial score (nSPS) is 15.4. The van der Waals surface area contributed by atoms with Crippen molar-refractivity contribution in [1.82, 2.24) is 4.31 Å². The second-order valence-electron chi connectivity index (χ2n) is 6.63. The predicted molar refractivity (Wildman–Crippen MR) is 102 cm³/mol. The molecule has 3 rings (SSSR count).